The van der Waals surface area contributed by atoms with Crippen molar-refractivity contribution >= 4 is 29.2 Å². The predicted octanol–water partition coefficient (Wildman–Crippen LogP) is 8.62. The fourth-order valence-electron chi connectivity index (χ4n) is 3.00. The third-order valence-corrected chi connectivity index (χ3v) is 5.41. The zero-order valence-corrected chi connectivity index (χ0v) is 22.4. The highest BCUT2D eigenvalue weighted by molar-refractivity contribution is 6.34. The molecule has 0 aliphatic heterocycles. The number of carboxylic acids is 1. The van der Waals surface area contributed by atoms with Gasteiger partial charge in [0.05, 0.1) is 5.56 Å². The first-order valence-electron chi connectivity index (χ1n) is 11.9. The monoisotopic (exact) mass is 555 g/mol. The molecule has 0 spiro atoms. The molecule has 1 N–H and O–H groups in total. The van der Waals surface area contributed by atoms with Gasteiger partial charge in [0, 0.05) is 16.1 Å². The number of carbonyl (C=O) groups is 1. The lowest BCUT2D eigenvalue weighted by molar-refractivity contribution is 0.0697. The molecule has 0 bridgehead atoms. The van der Waals surface area contributed by atoms with Crippen LogP contribution < -0.4 is 9.47 Å². The van der Waals surface area contributed by atoms with Gasteiger partial charge in [-0.1, -0.05) is 96.0 Å². The van der Waals surface area contributed by atoms with Gasteiger partial charge in [0.15, 0.2) is 0 Å². The van der Waals surface area contributed by atoms with Crippen molar-refractivity contribution in [2.24, 2.45) is 0 Å². The maximum Gasteiger partial charge on any atom is 0.335 e. The summed E-state index contributed by atoms with van der Waals surface area (Å²) in [6.45, 7) is 1.04. The minimum atomic E-state index is -0.920. The Labute approximate surface area is 239 Å². The summed E-state index contributed by atoms with van der Waals surface area (Å²) in [7, 11) is 0. The number of carboxylic acid groups (broad SMARTS) is 1. The molecule has 4 nitrogen and oxygen atoms in total. The van der Waals surface area contributed by atoms with Gasteiger partial charge in [-0.2, -0.15) is 0 Å². The summed E-state index contributed by atoms with van der Waals surface area (Å²) in [4.78, 5) is 10.7. The van der Waals surface area contributed by atoms with Crippen LogP contribution in [0.25, 0.3) is 0 Å². The van der Waals surface area contributed by atoms with Gasteiger partial charge in [-0.25, -0.2) is 4.79 Å². The van der Waals surface area contributed by atoms with Crippen LogP contribution in [0, 0.1) is 18.2 Å². The number of ether oxygens (including phenoxy) is 2. The van der Waals surface area contributed by atoms with Crippen LogP contribution in [0.3, 0.4) is 0 Å². The molecule has 5 aromatic rings. The lowest BCUT2D eigenvalue weighted by Gasteiger charge is -2.05. The number of aromatic carboxylic acids is 1. The first-order valence-corrected chi connectivity index (χ1v) is 12.6. The highest BCUT2D eigenvalue weighted by Gasteiger charge is 2.02. The van der Waals surface area contributed by atoms with Gasteiger partial charge in [-0.15, -0.1) is 0 Å². The van der Waals surface area contributed by atoms with Crippen molar-refractivity contribution in [1.29, 1.82) is 0 Å². The predicted molar refractivity (Wildman–Crippen MR) is 154 cm³/mol. The Morgan fingerprint density at radius 2 is 1.18 bits per heavy atom. The topological polar surface area (TPSA) is 55.8 Å². The van der Waals surface area contributed by atoms with Crippen LogP contribution >= 0.6 is 23.2 Å². The molecule has 0 atom stereocenters. The van der Waals surface area contributed by atoms with Crippen molar-refractivity contribution in [3.63, 3.8) is 0 Å². The second-order valence-electron chi connectivity index (χ2n) is 7.89. The Bertz CT molecular complexity index is 1320. The lowest BCUT2D eigenvalue weighted by Crippen LogP contribution is -1.98. The standard InChI is InChI=1S/C14H11O3.C13H11O.C6H3Cl2/c15-14(16)12-8-6-11(7-9-12)10-17-13-4-2-1-3-5-13;1-3-7-12(8-4-1)11-14-13-9-5-2-6-10-13;7-5-2-1-3-6(8)4-5/h2-9H,10H2,(H,15,16);1,3-10H,11H2;1-2,4H. The normalized spacial score (nSPS) is 9.69. The van der Waals surface area contributed by atoms with Crippen LogP contribution in [0.1, 0.15) is 21.5 Å². The first kappa shape index (κ1) is 29.3. The molecule has 0 amide bonds. The third kappa shape index (κ3) is 11.8. The van der Waals surface area contributed by atoms with E-state index >= 15 is 0 Å². The molecule has 0 aliphatic carbocycles. The van der Waals surface area contributed by atoms with Crippen molar-refractivity contribution in [1.82, 2.24) is 0 Å². The Morgan fingerprint density at radius 3 is 1.62 bits per heavy atom. The number of benzene rings is 5. The summed E-state index contributed by atoms with van der Waals surface area (Å²) in [5, 5.41) is 9.95. The van der Waals surface area contributed by atoms with E-state index in [1.54, 1.807) is 54.6 Å². The van der Waals surface area contributed by atoms with E-state index in [2.05, 4.69) is 30.3 Å². The fourth-order valence-corrected chi connectivity index (χ4v) is 3.41. The van der Waals surface area contributed by atoms with E-state index in [4.69, 9.17) is 37.8 Å². The summed E-state index contributed by atoms with van der Waals surface area (Å²) in [5.41, 5.74) is 2.39. The van der Waals surface area contributed by atoms with Crippen LogP contribution in [0.4, 0.5) is 0 Å². The summed E-state index contributed by atoms with van der Waals surface area (Å²) < 4.78 is 11.1. The van der Waals surface area contributed by atoms with Gasteiger partial charge in [-0.05, 0) is 71.8 Å². The van der Waals surface area contributed by atoms with Crippen LogP contribution in [0.2, 0.25) is 10.0 Å². The largest absolute Gasteiger partial charge is 0.489 e. The average Bonchev–Trinajstić information content (AvgIpc) is 2.97. The number of halogens is 2. The van der Waals surface area contributed by atoms with E-state index in [9.17, 15) is 4.79 Å². The summed E-state index contributed by atoms with van der Waals surface area (Å²) in [5.74, 6) is 0.731. The Hall–Kier alpha value is -4.25. The second kappa shape index (κ2) is 16.6. The molecule has 3 radical (unpaired) electrons. The zero-order valence-electron chi connectivity index (χ0n) is 20.9. The van der Waals surface area contributed by atoms with Crippen LogP contribution in [0.15, 0.2) is 121 Å². The molecule has 195 valence electrons. The van der Waals surface area contributed by atoms with E-state index in [-0.39, 0.29) is 5.56 Å². The summed E-state index contributed by atoms with van der Waals surface area (Å²) in [6.07, 6.45) is 0. The smallest absolute Gasteiger partial charge is 0.335 e. The Balaban J connectivity index is 0.000000172. The molecular formula is C33H25Cl2O4. The van der Waals surface area contributed by atoms with E-state index in [1.165, 1.54) is 5.56 Å². The molecule has 39 heavy (non-hydrogen) atoms. The molecule has 0 heterocycles. The van der Waals surface area contributed by atoms with Crippen molar-refractivity contribution in [2.45, 2.75) is 13.2 Å². The molecule has 5 rings (SSSR count). The highest BCUT2D eigenvalue weighted by atomic mass is 35.5. The number of rotatable bonds is 7. The molecular weight excluding hydrogens is 531 g/mol. The van der Waals surface area contributed by atoms with Gasteiger partial charge < -0.3 is 14.6 Å². The van der Waals surface area contributed by atoms with Crippen molar-refractivity contribution in [2.75, 3.05) is 0 Å². The minimum Gasteiger partial charge on any atom is -0.489 e. The van der Waals surface area contributed by atoms with E-state index in [0.717, 1.165) is 17.1 Å². The molecule has 0 saturated heterocycles. The third-order valence-electron chi connectivity index (χ3n) is 4.96. The van der Waals surface area contributed by atoms with Gasteiger partial charge in [-0.3, -0.25) is 0 Å². The number of hydrogen-bond acceptors (Lipinski definition) is 3. The summed E-state index contributed by atoms with van der Waals surface area (Å²) >= 11 is 11.0. The van der Waals surface area contributed by atoms with Crippen molar-refractivity contribution in [3.05, 3.63) is 166 Å². The molecule has 0 saturated carbocycles. The molecule has 5 aromatic carbocycles. The van der Waals surface area contributed by atoms with E-state index in [0.29, 0.717) is 23.3 Å². The maximum atomic E-state index is 10.7. The zero-order chi connectivity index (χ0) is 27.7. The first-order chi connectivity index (χ1) is 19.0. The van der Waals surface area contributed by atoms with Gasteiger partial charge >= 0.3 is 5.97 Å². The van der Waals surface area contributed by atoms with Crippen LogP contribution in [0.5, 0.6) is 11.5 Å². The van der Waals surface area contributed by atoms with Crippen molar-refractivity contribution in [3.8, 4) is 11.5 Å². The SMILES string of the molecule is Clc1[c]ccc(Cl)c1.O=C(O)c1ccc(COc2cc[c]cc2)cc1.[c]1ccc(OCc2ccccc2)cc1. The number of hydrogen-bond donors (Lipinski definition) is 1. The highest BCUT2D eigenvalue weighted by Crippen LogP contribution is 2.14. The van der Waals surface area contributed by atoms with Crippen LogP contribution in [-0.2, 0) is 13.2 Å². The second-order valence-corrected chi connectivity index (χ2v) is 8.73. The maximum absolute atomic E-state index is 10.7. The molecule has 6 heteroatoms. The van der Waals surface area contributed by atoms with Crippen molar-refractivity contribution < 1.29 is 19.4 Å². The Kier molecular flexibility index (Phi) is 12.4. The summed E-state index contributed by atoms with van der Waals surface area (Å²) in [6, 6.07) is 45.1. The molecule has 0 aromatic heterocycles. The van der Waals surface area contributed by atoms with Gasteiger partial charge in [0.2, 0.25) is 0 Å². The molecule has 0 unspecified atom stereocenters. The van der Waals surface area contributed by atoms with Gasteiger partial charge in [0.1, 0.15) is 24.7 Å². The minimum absolute atomic E-state index is 0.281. The molecule has 0 fully saturated rings. The Morgan fingerprint density at radius 1 is 0.667 bits per heavy atom. The van der Waals surface area contributed by atoms with Gasteiger partial charge in [0.25, 0.3) is 0 Å². The fraction of sp³-hybridized carbons (Fsp3) is 0.0606. The average molecular weight is 556 g/mol. The lowest BCUT2D eigenvalue weighted by atomic mass is 10.1. The van der Waals surface area contributed by atoms with Crippen LogP contribution in [-0.4, -0.2) is 11.1 Å². The van der Waals surface area contributed by atoms with E-state index in [1.807, 2.05) is 54.6 Å². The van der Waals surface area contributed by atoms with E-state index < -0.39 is 5.97 Å². The quantitative estimate of drug-likeness (QED) is 0.218. The molecule has 0 aliphatic rings.